The van der Waals surface area contributed by atoms with Crippen molar-refractivity contribution in [1.29, 1.82) is 0 Å². The Hall–Kier alpha value is -2.82. The lowest BCUT2D eigenvalue weighted by atomic mass is 10.1. The van der Waals surface area contributed by atoms with E-state index in [0.29, 0.717) is 23.5 Å². The third-order valence-electron chi connectivity index (χ3n) is 3.88. The minimum Gasteiger partial charge on any atom is -0.494 e. The van der Waals surface area contributed by atoms with Gasteiger partial charge in [-0.1, -0.05) is 25.5 Å². The number of carbonyl (C=O) groups is 2. The molecule has 3 rings (SSSR count). The Labute approximate surface area is 141 Å². The number of benzene rings is 2. The van der Waals surface area contributed by atoms with E-state index in [1.807, 2.05) is 18.2 Å². The molecule has 24 heavy (non-hydrogen) atoms. The Morgan fingerprint density at radius 1 is 1.17 bits per heavy atom. The number of hydrogen-bond donors (Lipinski definition) is 1. The van der Waals surface area contributed by atoms with E-state index in [-0.39, 0.29) is 18.4 Å². The smallest absolute Gasteiger partial charge is 0.258 e. The van der Waals surface area contributed by atoms with Gasteiger partial charge in [-0.3, -0.25) is 14.5 Å². The van der Waals surface area contributed by atoms with Crippen LogP contribution in [0.25, 0.3) is 0 Å². The lowest BCUT2D eigenvalue weighted by molar-refractivity contribution is -0.115. The second-order valence-electron chi connectivity index (χ2n) is 5.68. The van der Waals surface area contributed by atoms with Gasteiger partial charge in [0.2, 0.25) is 5.91 Å². The van der Waals surface area contributed by atoms with Crippen LogP contribution in [0.3, 0.4) is 0 Å². The van der Waals surface area contributed by atoms with Crippen LogP contribution in [0.15, 0.2) is 48.5 Å². The number of amides is 2. The highest BCUT2D eigenvalue weighted by Crippen LogP contribution is 2.30. The van der Waals surface area contributed by atoms with Crippen molar-refractivity contribution in [2.75, 3.05) is 23.4 Å². The predicted molar refractivity (Wildman–Crippen MR) is 93.6 cm³/mol. The van der Waals surface area contributed by atoms with Gasteiger partial charge in [0.05, 0.1) is 18.0 Å². The number of nitrogens with one attached hydrogen (secondary N) is 1. The van der Waals surface area contributed by atoms with Gasteiger partial charge in [-0.15, -0.1) is 0 Å². The molecule has 0 saturated heterocycles. The first-order chi connectivity index (χ1) is 11.7. The van der Waals surface area contributed by atoms with Crippen molar-refractivity contribution in [3.63, 3.8) is 0 Å². The predicted octanol–water partition coefficient (Wildman–Crippen LogP) is 3.46. The first-order valence-corrected chi connectivity index (χ1v) is 8.12. The fraction of sp³-hybridized carbons (Fsp3) is 0.263. The number of anilines is 2. The Morgan fingerprint density at radius 2 is 1.92 bits per heavy atom. The van der Waals surface area contributed by atoms with Gasteiger partial charge in [-0.25, -0.2) is 0 Å². The van der Waals surface area contributed by atoms with Crippen LogP contribution in [0, 0.1) is 0 Å². The monoisotopic (exact) mass is 324 g/mol. The third-order valence-corrected chi connectivity index (χ3v) is 3.88. The second-order valence-corrected chi connectivity index (χ2v) is 5.68. The maximum atomic E-state index is 12.8. The Morgan fingerprint density at radius 3 is 2.67 bits per heavy atom. The van der Waals surface area contributed by atoms with E-state index in [9.17, 15) is 9.59 Å². The van der Waals surface area contributed by atoms with Crippen molar-refractivity contribution in [2.24, 2.45) is 0 Å². The largest absolute Gasteiger partial charge is 0.494 e. The van der Waals surface area contributed by atoms with Crippen molar-refractivity contribution in [3.05, 3.63) is 54.1 Å². The highest BCUT2D eigenvalue weighted by molar-refractivity contribution is 6.15. The maximum Gasteiger partial charge on any atom is 0.258 e. The van der Waals surface area contributed by atoms with Gasteiger partial charge in [-0.05, 0) is 42.8 Å². The highest BCUT2D eigenvalue weighted by Gasteiger charge is 2.27. The van der Waals surface area contributed by atoms with Gasteiger partial charge >= 0.3 is 0 Å². The normalized spacial score (nSPS) is 13.2. The zero-order valence-corrected chi connectivity index (χ0v) is 13.6. The van der Waals surface area contributed by atoms with Crippen LogP contribution in [-0.2, 0) is 4.79 Å². The zero-order chi connectivity index (χ0) is 16.9. The number of hydrogen-bond acceptors (Lipinski definition) is 3. The van der Waals surface area contributed by atoms with E-state index in [4.69, 9.17) is 4.74 Å². The molecule has 2 amide bonds. The summed E-state index contributed by atoms with van der Waals surface area (Å²) in [4.78, 5) is 26.1. The maximum absolute atomic E-state index is 12.8. The van der Waals surface area contributed by atoms with Crippen molar-refractivity contribution < 1.29 is 14.3 Å². The average molecular weight is 324 g/mol. The number of ether oxygens (including phenoxy) is 1. The van der Waals surface area contributed by atoms with Crippen molar-refractivity contribution in [1.82, 2.24) is 0 Å². The van der Waals surface area contributed by atoms with Gasteiger partial charge in [0.25, 0.3) is 5.91 Å². The molecule has 0 aliphatic carbocycles. The summed E-state index contributed by atoms with van der Waals surface area (Å²) in [6.45, 7) is 2.80. The first-order valence-electron chi connectivity index (χ1n) is 8.12. The number of rotatable bonds is 5. The fourth-order valence-corrected chi connectivity index (χ4v) is 2.60. The number of fused-ring (bicyclic) bond motifs is 1. The highest BCUT2D eigenvalue weighted by atomic mass is 16.5. The Kier molecular flexibility index (Phi) is 4.79. The SMILES string of the molecule is CCCCOc1ccc(C(=O)N2CC(=O)Nc3ccccc32)cc1. The molecule has 2 aromatic rings. The van der Waals surface area contributed by atoms with E-state index in [0.717, 1.165) is 18.6 Å². The standard InChI is InChI=1S/C19H20N2O3/c1-2-3-12-24-15-10-8-14(9-11-15)19(23)21-13-18(22)20-16-6-4-5-7-17(16)21/h4-11H,2-3,12-13H2,1H3,(H,20,22). The minimum absolute atomic E-state index is 0.0185. The molecule has 5 nitrogen and oxygen atoms in total. The molecule has 1 N–H and O–H groups in total. The molecule has 0 radical (unpaired) electrons. The molecule has 2 aromatic carbocycles. The molecule has 1 heterocycles. The molecule has 0 atom stereocenters. The van der Waals surface area contributed by atoms with E-state index in [1.54, 1.807) is 30.3 Å². The lowest BCUT2D eigenvalue weighted by Crippen LogP contribution is -2.42. The van der Waals surface area contributed by atoms with Crippen LogP contribution in [0.1, 0.15) is 30.1 Å². The Balaban J connectivity index is 1.78. The van der Waals surface area contributed by atoms with Crippen LogP contribution in [0.4, 0.5) is 11.4 Å². The summed E-state index contributed by atoms with van der Waals surface area (Å²) in [5.74, 6) is 0.357. The molecule has 1 aliphatic rings. The van der Waals surface area contributed by atoms with Crippen molar-refractivity contribution in [3.8, 4) is 5.75 Å². The zero-order valence-electron chi connectivity index (χ0n) is 13.6. The van der Waals surface area contributed by atoms with E-state index in [2.05, 4.69) is 12.2 Å². The molecule has 0 unspecified atom stereocenters. The summed E-state index contributed by atoms with van der Waals surface area (Å²) in [7, 11) is 0. The Bertz CT molecular complexity index is 741. The van der Waals surface area contributed by atoms with Gasteiger partial charge in [0.1, 0.15) is 12.3 Å². The molecule has 1 aliphatic heterocycles. The van der Waals surface area contributed by atoms with Gasteiger partial charge in [0, 0.05) is 5.56 Å². The molecule has 124 valence electrons. The van der Waals surface area contributed by atoms with Crippen LogP contribution in [0.2, 0.25) is 0 Å². The minimum atomic E-state index is -0.197. The first kappa shape index (κ1) is 16.1. The molecule has 0 bridgehead atoms. The summed E-state index contributed by atoms with van der Waals surface area (Å²) in [5, 5.41) is 2.78. The number of carbonyl (C=O) groups excluding carboxylic acids is 2. The summed E-state index contributed by atoms with van der Waals surface area (Å²) < 4.78 is 5.61. The molecule has 0 spiro atoms. The van der Waals surface area contributed by atoms with Crippen LogP contribution >= 0.6 is 0 Å². The van der Waals surface area contributed by atoms with E-state index in [1.165, 1.54) is 4.90 Å². The second kappa shape index (κ2) is 7.17. The lowest BCUT2D eigenvalue weighted by Gasteiger charge is -2.29. The topological polar surface area (TPSA) is 58.6 Å². The molecular formula is C19H20N2O3. The van der Waals surface area contributed by atoms with Crippen LogP contribution in [0.5, 0.6) is 5.75 Å². The summed E-state index contributed by atoms with van der Waals surface area (Å²) in [6.07, 6.45) is 2.08. The molecule has 0 aromatic heterocycles. The fourth-order valence-electron chi connectivity index (χ4n) is 2.60. The quantitative estimate of drug-likeness (QED) is 0.857. The van der Waals surface area contributed by atoms with Gasteiger partial charge in [-0.2, -0.15) is 0 Å². The van der Waals surface area contributed by atoms with Crippen LogP contribution in [-0.4, -0.2) is 25.0 Å². The number of nitrogens with zero attached hydrogens (tertiary/aromatic N) is 1. The van der Waals surface area contributed by atoms with Crippen LogP contribution < -0.4 is 15.0 Å². The van der Waals surface area contributed by atoms with Crippen molar-refractivity contribution >= 4 is 23.2 Å². The number of para-hydroxylation sites is 2. The van der Waals surface area contributed by atoms with Gasteiger partial charge < -0.3 is 10.1 Å². The molecule has 0 fully saturated rings. The molecule has 0 saturated carbocycles. The van der Waals surface area contributed by atoms with E-state index < -0.39 is 0 Å². The molecular weight excluding hydrogens is 304 g/mol. The van der Waals surface area contributed by atoms with E-state index >= 15 is 0 Å². The molecule has 5 heteroatoms. The summed E-state index contributed by atoms with van der Waals surface area (Å²) >= 11 is 0. The van der Waals surface area contributed by atoms with Gasteiger partial charge in [0.15, 0.2) is 0 Å². The third kappa shape index (κ3) is 3.40. The summed E-state index contributed by atoms with van der Waals surface area (Å²) in [5.41, 5.74) is 1.90. The number of unbranched alkanes of at least 4 members (excludes halogenated alkanes) is 1. The van der Waals surface area contributed by atoms with Crippen molar-refractivity contribution in [2.45, 2.75) is 19.8 Å². The summed E-state index contributed by atoms with van der Waals surface area (Å²) in [6, 6.07) is 14.3. The average Bonchev–Trinajstić information content (AvgIpc) is 2.61.